The van der Waals surface area contributed by atoms with Crippen LogP contribution in [-0.2, 0) is 11.2 Å². The summed E-state index contributed by atoms with van der Waals surface area (Å²) in [4.78, 5) is 18.6. The molecule has 0 unspecified atom stereocenters. The molecule has 1 aromatic carbocycles. The number of thioether (sulfide) groups is 1. The van der Waals surface area contributed by atoms with Crippen molar-refractivity contribution in [3.8, 4) is 0 Å². The second-order valence-corrected chi connectivity index (χ2v) is 6.97. The minimum Gasteiger partial charge on any atom is -0.342 e. The van der Waals surface area contributed by atoms with Crippen LogP contribution in [0.15, 0.2) is 59.8 Å². The molecule has 0 N–H and O–H groups in total. The van der Waals surface area contributed by atoms with Gasteiger partial charge in [-0.1, -0.05) is 48.2 Å². The fourth-order valence-corrected chi connectivity index (χ4v) is 3.76. The molecular formula is C19H22N2OS. The van der Waals surface area contributed by atoms with Gasteiger partial charge < -0.3 is 4.90 Å². The number of rotatable bonds is 5. The van der Waals surface area contributed by atoms with Gasteiger partial charge in [-0.2, -0.15) is 0 Å². The molecule has 120 valence electrons. The highest BCUT2D eigenvalue weighted by molar-refractivity contribution is 7.99. The molecule has 0 bridgehead atoms. The molecule has 1 aliphatic rings. The summed E-state index contributed by atoms with van der Waals surface area (Å²) in [6, 6.07) is 16.4. The third-order valence-electron chi connectivity index (χ3n) is 4.32. The highest BCUT2D eigenvalue weighted by Gasteiger charge is 2.22. The van der Waals surface area contributed by atoms with Crippen LogP contribution >= 0.6 is 11.8 Å². The van der Waals surface area contributed by atoms with Crippen LogP contribution < -0.4 is 0 Å². The van der Waals surface area contributed by atoms with Crippen molar-refractivity contribution in [1.29, 1.82) is 0 Å². The van der Waals surface area contributed by atoms with Crippen LogP contribution in [-0.4, -0.2) is 34.6 Å². The van der Waals surface area contributed by atoms with E-state index in [2.05, 4.69) is 35.3 Å². The van der Waals surface area contributed by atoms with Gasteiger partial charge in [0.25, 0.3) is 0 Å². The van der Waals surface area contributed by atoms with Gasteiger partial charge in [0.1, 0.15) is 0 Å². The van der Waals surface area contributed by atoms with Crippen LogP contribution in [0.3, 0.4) is 0 Å². The summed E-state index contributed by atoms with van der Waals surface area (Å²) in [5.41, 5.74) is 1.41. The van der Waals surface area contributed by atoms with Crippen LogP contribution in [0.1, 0.15) is 18.4 Å². The summed E-state index contributed by atoms with van der Waals surface area (Å²) < 4.78 is 0. The van der Waals surface area contributed by atoms with Crippen molar-refractivity contribution >= 4 is 17.7 Å². The number of nitrogens with zero attached hydrogens (tertiary/aromatic N) is 2. The Bertz CT molecular complexity index is 610. The summed E-state index contributed by atoms with van der Waals surface area (Å²) in [6.45, 7) is 1.78. The number of hydrogen-bond donors (Lipinski definition) is 0. The molecule has 1 fully saturated rings. The van der Waals surface area contributed by atoms with E-state index in [1.807, 2.05) is 23.1 Å². The Morgan fingerprint density at radius 1 is 1.09 bits per heavy atom. The first-order valence-electron chi connectivity index (χ1n) is 8.17. The molecule has 0 spiro atoms. The van der Waals surface area contributed by atoms with Gasteiger partial charge in [0.2, 0.25) is 5.91 Å². The zero-order valence-corrected chi connectivity index (χ0v) is 14.0. The van der Waals surface area contributed by atoms with E-state index in [4.69, 9.17) is 0 Å². The second-order valence-electron chi connectivity index (χ2n) is 5.97. The summed E-state index contributed by atoms with van der Waals surface area (Å²) in [6.07, 6.45) is 5.11. The van der Waals surface area contributed by atoms with Crippen LogP contribution in [0, 0.1) is 5.92 Å². The van der Waals surface area contributed by atoms with Crippen molar-refractivity contribution in [1.82, 2.24) is 9.88 Å². The van der Waals surface area contributed by atoms with E-state index >= 15 is 0 Å². The topological polar surface area (TPSA) is 33.2 Å². The molecule has 0 saturated carbocycles. The first-order chi connectivity index (χ1) is 11.3. The largest absolute Gasteiger partial charge is 0.342 e. The van der Waals surface area contributed by atoms with Gasteiger partial charge in [0.05, 0.1) is 10.8 Å². The monoisotopic (exact) mass is 326 g/mol. The maximum atomic E-state index is 12.3. The molecule has 4 heteroatoms. The SMILES string of the molecule is O=C(CSc1ccccn1)N1CCC(Cc2ccccc2)CC1. The van der Waals surface area contributed by atoms with Crippen LogP contribution in [0.2, 0.25) is 0 Å². The number of amides is 1. The van der Waals surface area contributed by atoms with E-state index in [-0.39, 0.29) is 5.91 Å². The molecule has 23 heavy (non-hydrogen) atoms. The second kappa shape index (κ2) is 8.16. The normalized spacial score (nSPS) is 15.6. The lowest BCUT2D eigenvalue weighted by atomic mass is 9.90. The fraction of sp³-hybridized carbons (Fsp3) is 0.368. The van der Waals surface area contributed by atoms with Gasteiger partial charge in [0, 0.05) is 19.3 Å². The Morgan fingerprint density at radius 3 is 2.52 bits per heavy atom. The Kier molecular flexibility index (Phi) is 5.70. The third-order valence-corrected chi connectivity index (χ3v) is 5.24. The number of carbonyl (C=O) groups excluding carboxylic acids is 1. The predicted octanol–water partition coefficient (Wildman–Crippen LogP) is 3.66. The number of pyridine rings is 1. The molecule has 3 nitrogen and oxygen atoms in total. The zero-order valence-electron chi connectivity index (χ0n) is 13.2. The molecule has 1 aromatic heterocycles. The van der Waals surface area contributed by atoms with E-state index in [1.165, 1.54) is 17.3 Å². The number of benzene rings is 1. The number of carbonyl (C=O) groups is 1. The van der Waals surface area contributed by atoms with Gasteiger partial charge >= 0.3 is 0 Å². The number of aromatic nitrogens is 1. The predicted molar refractivity (Wildman–Crippen MR) is 94.4 cm³/mol. The average molecular weight is 326 g/mol. The van der Waals surface area contributed by atoms with Crippen molar-refractivity contribution in [2.24, 2.45) is 5.92 Å². The molecule has 1 saturated heterocycles. The van der Waals surface area contributed by atoms with Crippen molar-refractivity contribution in [2.45, 2.75) is 24.3 Å². The highest BCUT2D eigenvalue weighted by Crippen LogP contribution is 2.23. The van der Waals surface area contributed by atoms with Crippen LogP contribution in [0.25, 0.3) is 0 Å². The summed E-state index contributed by atoms with van der Waals surface area (Å²) in [7, 11) is 0. The maximum absolute atomic E-state index is 12.3. The Hall–Kier alpha value is -1.81. The lowest BCUT2D eigenvalue weighted by Crippen LogP contribution is -2.39. The maximum Gasteiger partial charge on any atom is 0.232 e. The van der Waals surface area contributed by atoms with Gasteiger partial charge in [-0.15, -0.1) is 0 Å². The first-order valence-corrected chi connectivity index (χ1v) is 9.15. The van der Waals surface area contributed by atoms with Crippen molar-refractivity contribution in [3.63, 3.8) is 0 Å². The number of piperidine rings is 1. The minimum absolute atomic E-state index is 0.235. The minimum atomic E-state index is 0.235. The summed E-state index contributed by atoms with van der Waals surface area (Å²) in [5, 5.41) is 0.916. The third kappa shape index (κ3) is 4.83. The smallest absolute Gasteiger partial charge is 0.232 e. The Labute approximate surface area is 142 Å². The Balaban J connectivity index is 1.42. The van der Waals surface area contributed by atoms with Gasteiger partial charge in [-0.3, -0.25) is 4.79 Å². The zero-order chi connectivity index (χ0) is 15.9. The van der Waals surface area contributed by atoms with Gasteiger partial charge in [-0.25, -0.2) is 4.98 Å². The molecule has 0 atom stereocenters. The van der Waals surface area contributed by atoms with E-state index in [1.54, 1.807) is 6.20 Å². The van der Waals surface area contributed by atoms with Gasteiger partial charge in [-0.05, 0) is 42.9 Å². The molecule has 3 rings (SSSR count). The first kappa shape index (κ1) is 16.1. The molecule has 1 aliphatic heterocycles. The average Bonchev–Trinajstić information content (AvgIpc) is 2.62. The standard InChI is InChI=1S/C19H22N2OS/c22-19(15-23-18-8-4-5-11-20-18)21-12-9-17(10-13-21)14-16-6-2-1-3-7-16/h1-8,11,17H,9-10,12-15H2. The fourth-order valence-electron chi connectivity index (χ4n) is 2.99. The quantitative estimate of drug-likeness (QED) is 0.786. The lowest BCUT2D eigenvalue weighted by Gasteiger charge is -2.32. The summed E-state index contributed by atoms with van der Waals surface area (Å²) >= 11 is 1.52. The van der Waals surface area contributed by atoms with Crippen LogP contribution in [0.4, 0.5) is 0 Å². The van der Waals surface area contributed by atoms with Crippen LogP contribution in [0.5, 0.6) is 0 Å². The molecule has 2 aromatic rings. The lowest BCUT2D eigenvalue weighted by molar-refractivity contribution is -0.129. The summed E-state index contributed by atoms with van der Waals surface area (Å²) in [5.74, 6) is 1.42. The highest BCUT2D eigenvalue weighted by atomic mass is 32.2. The molecule has 2 heterocycles. The number of likely N-dealkylation sites (tertiary alicyclic amines) is 1. The van der Waals surface area contributed by atoms with Gasteiger partial charge in [0.15, 0.2) is 0 Å². The van der Waals surface area contributed by atoms with Crippen molar-refractivity contribution in [2.75, 3.05) is 18.8 Å². The number of hydrogen-bond acceptors (Lipinski definition) is 3. The molecular weight excluding hydrogens is 304 g/mol. The van der Waals surface area contributed by atoms with E-state index in [0.29, 0.717) is 11.7 Å². The van der Waals surface area contributed by atoms with Crippen molar-refractivity contribution < 1.29 is 4.79 Å². The van der Waals surface area contributed by atoms with Crippen molar-refractivity contribution in [3.05, 3.63) is 60.3 Å². The molecule has 0 radical (unpaired) electrons. The molecule has 0 aliphatic carbocycles. The Morgan fingerprint density at radius 2 is 1.83 bits per heavy atom. The van der Waals surface area contributed by atoms with E-state index in [0.717, 1.165) is 37.4 Å². The van der Waals surface area contributed by atoms with E-state index < -0.39 is 0 Å². The van der Waals surface area contributed by atoms with E-state index in [9.17, 15) is 4.79 Å². The molecule has 1 amide bonds.